The van der Waals surface area contributed by atoms with E-state index in [0.717, 1.165) is 71.9 Å². The quantitative estimate of drug-likeness (QED) is 0.388. The van der Waals surface area contributed by atoms with Crippen LogP contribution in [-0.2, 0) is 16.1 Å². The highest BCUT2D eigenvalue weighted by molar-refractivity contribution is 9.10. The zero-order valence-corrected chi connectivity index (χ0v) is 22.2. The van der Waals surface area contributed by atoms with Crippen LogP contribution in [0.2, 0.25) is 0 Å². The van der Waals surface area contributed by atoms with Crippen LogP contribution in [0.15, 0.2) is 51.9 Å². The molecule has 2 aliphatic rings. The first-order chi connectivity index (χ1) is 16.6. The van der Waals surface area contributed by atoms with Crippen LogP contribution in [0.1, 0.15) is 71.3 Å². The molecule has 1 spiro atoms. The third-order valence-electron chi connectivity index (χ3n) is 6.91. The van der Waals surface area contributed by atoms with Crippen molar-refractivity contribution in [1.29, 1.82) is 0 Å². The number of carboxylic acids is 1. The molecule has 1 aliphatic carbocycles. The fraction of sp³-hybridized carbons (Fsp3) is 0.464. The summed E-state index contributed by atoms with van der Waals surface area (Å²) in [4.78, 5) is 31.7. The number of rotatable bonds is 9. The average Bonchev–Trinajstić information content (AvgIpc) is 3.40. The van der Waals surface area contributed by atoms with Crippen molar-refractivity contribution in [2.24, 2.45) is 4.99 Å². The van der Waals surface area contributed by atoms with Gasteiger partial charge in [0.05, 0.1) is 6.54 Å². The lowest BCUT2D eigenvalue weighted by Crippen LogP contribution is -2.40. The molecule has 7 heteroatoms. The molecule has 0 unspecified atom stereocenters. The highest BCUT2D eigenvalue weighted by atomic mass is 79.9. The van der Waals surface area contributed by atoms with E-state index in [1.807, 2.05) is 41.3 Å². The van der Waals surface area contributed by atoms with E-state index < -0.39 is 17.1 Å². The van der Waals surface area contributed by atoms with Crippen LogP contribution in [0.4, 0.5) is 0 Å². The molecule has 186 valence electrons. The number of aliphatic carboxylic acids is 1. The minimum Gasteiger partial charge on any atom is -0.478 e. The summed E-state index contributed by atoms with van der Waals surface area (Å²) in [5, 5.41) is 9.37. The van der Waals surface area contributed by atoms with Crippen molar-refractivity contribution < 1.29 is 19.4 Å². The smallest absolute Gasteiger partial charge is 0.347 e. The monoisotopic (exact) mass is 540 g/mol. The molecule has 6 nitrogen and oxygen atoms in total. The Balaban J connectivity index is 1.53. The van der Waals surface area contributed by atoms with Crippen LogP contribution in [0.5, 0.6) is 5.75 Å². The number of amides is 1. The lowest BCUT2D eigenvalue weighted by molar-refractivity contribution is -0.152. The molecule has 0 atom stereocenters. The minimum absolute atomic E-state index is 0.166. The third-order valence-corrected chi connectivity index (χ3v) is 7.61. The third kappa shape index (κ3) is 5.30. The molecule has 0 saturated heterocycles. The zero-order chi connectivity index (χ0) is 25.2. The van der Waals surface area contributed by atoms with Gasteiger partial charge in [0, 0.05) is 10.9 Å². The molecule has 1 fully saturated rings. The zero-order valence-electron chi connectivity index (χ0n) is 20.6. The fourth-order valence-electron chi connectivity index (χ4n) is 4.80. The maximum atomic E-state index is 13.4. The number of carboxylic acid groups (broad SMARTS) is 1. The summed E-state index contributed by atoms with van der Waals surface area (Å²) in [5.41, 5.74) is 1.08. The van der Waals surface area contributed by atoms with Crippen molar-refractivity contribution in [2.75, 3.05) is 0 Å². The van der Waals surface area contributed by atoms with Gasteiger partial charge < -0.3 is 9.84 Å². The van der Waals surface area contributed by atoms with Gasteiger partial charge in [0.2, 0.25) is 0 Å². The number of ether oxygens (including phenoxy) is 1. The number of amidine groups is 1. The molecule has 0 radical (unpaired) electrons. The predicted molar refractivity (Wildman–Crippen MR) is 141 cm³/mol. The van der Waals surface area contributed by atoms with Crippen LogP contribution in [0, 0.1) is 0 Å². The van der Waals surface area contributed by atoms with E-state index in [9.17, 15) is 14.7 Å². The van der Waals surface area contributed by atoms with E-state index in [0.29, 0.717) is 12.3 Å². The fourth-order valence-corrected chi connectivity index (χ4v) is 5.27. The Morgan fingerprint density at radius 1 is 1.17 bits per heavy atom. The van der Waals surface area contributed by atoms with Crippen molar-refractivity contribution >= 4 is 33.6 Å². The van der Waals surface area contributed by atoms with Crippen LogP contribution < -0.4 is 4.74 Å². The summed E-state index contributed by atoms with van der Waals surface area (Å²) in [6.45, 7) is 5.74. The van der Waals surface area contributed by atoms with Crippen molar-refractivity contribution in [3.63, 3.8) is 0 Å². The Morgan fingerprint density at radius 3 is 2.49 bits per heavy atom. The number of carbonyl (C=O) groups excluding carboxylic acids is 1. The molecule has 1 saturated carbocycles. The van der Waals surface area contributed by atoms with Crippen LogP contribution in [0.25, 0.3) is 11.1 Å². The van der Waals surface area contributed by atoms with Crippen molar-refractivity contribution in [3.8, 4) is 16.9 Å². The van der Waals surface area contributed by atoms with E-state index in [2.05, 4.69) is 22.9 Å². The second-order valence-electron chi connectivity index (χ2n) is 10.0. The minimum atomic E-state index is -1.33. The molecule has 0 aromatic heterocycles. The van der Waals surface area contributed by atoms with Gasteiger partial charge in [-0.25, -0.2) is 4.79 Å². The van der Waals surface area contributed by atoms with Crippen LogP contribution in [0.3, 0.4) is 0 Å². The van der Waals surface area contributed by atoms with E-state index in [1.165, 1.54) is 13.8 Å². The average molecular weight is 541 g/mol. The Kier molecular flexibility index (Phi) is 7.36. The van der Waals surface area contributed by atoms with Gasteiger partial charge in [0.25, 0.3) is 5.91 Å². The summed E-state index contributed by atoms with van der Waals surface area (Å²) in [7, 11) is 0. The van der Waals surface area contributed by atoms with Crippen LogP contribution in [-0.4, -0.2) is 38.9 Å². The standard InChI is InChI=1S/C28H33BrN2O4/c1-4-5-8-24-30-28(15-6-7-16-28)25(32)31(24)18-19-9-11-20(12-10-19)22-17-21(13-14-23(22)29)35-27(2,3)26(33)34/h9-14,17H,4-8,15-16,18H2,1-3H3,(H,33,34). The number of aliphatic imine (C=N–C) groups is 1. The topological polar surface area (TPSA) is 79.2 Å². The first-order valence-electron chi connectivity index (χ1n) is 12.4. The number of nitrogens with zero attached hydrogens (tertiary/aromatic N) is 2. The van der Waals surface area contributed by atoms with Crippen molar-refractivity contribution in [2.45, 2.75) is 83.4 Å². The number of carbonyl (C=O) groups is 2. The summed E-state index contributed by atoms with van der Waals surface area (Å²) >= 11 is 3.60. The summed E-state index contributed by atoms with van der Waals surface area (Å²) in [6.07, 6.45) is 6.81. The second-order valence-corrected chi connectivity index (χ2v) is 10.9. The highest BCUT2D eigenvalue weighted by Gasteiger charge is 2.49. The summed E-state index contributed by atoms with van der Waals surface area (Å²) in [5.74, 6) is 0.570. The molecule has 1 amide bonds. The lowest BCUT2D eigenvalue weighted by Gasteiger charge is -2.23. The molecular formula is C28H33BrN2O4. The SMILES string of the molecule is CCCCC1=NC2(CCCC2)C(=O)N1Cc1ccc(-c2cc(OC(C)(C)C(=O)O)ccc2Br)cc1. The van der Waals surface area contributed by atoms with Gasteiger partial charge in [0.15, 0.2) is 5.60 Å². The Hall–Kier alpha value is -2.67. The maximum Gasteiger partial charge on any atom is 0.347 e. The summed E-state index contributed by atoms with van der Waals surface area (Å²) in [6, 6.07) is 13.6. The normalized spacial score (nSPS) is 17.2. The molecule has 2 aromatic rings. The summed E-state index contributed by atoms with van der Waals surface area (Å²) < 4.78 is 6.60. The number of hydrogen-bond acceptors (Lipinski definition) is 4. The van der Waals surface area contributed by atoms with Gasteiger partial charge in [-0.05, 0) is 68.0 Å². The molecule has 35 heavy (non-hydrogen) atoms. The first-order valence-corrected chi connectivity index (χ1v) is 13.2. The van der Waals surface area contributed by atoms with Gasteiger partial charge in [-0.15, -0.1) is 0 Å². The molecule has 1 heterocycles. The van der Waals surface area contributed by atoms with E-state index in [4.69, 9.17) is 9.73 Å². The van der Waals surface area contributed by atoms with Crippen molar-refractivity contribution in [3.05, 3.63) is 52.5 Å². The molecule has 4 rings (SSSR count). The second kappa shape index (κ2) is 10.1. The molecular weight excluding hydrogens is 508 g/mol. The Labute approximate surface area is 215 Å². The molecule has 1 aliphatic heterocycles. The predicted octanol–water partition coefficient (Wildman–Crippen LogP) is 6.60. The first kappa shape index (κ1) is 25.4. The van der Waals surface area contributed by atoms with Gasteiger partial charge in [-0.3, -0.25) is 14.7 Å². The maximum absolute atomic E-state index is 13.4. The lowest BCUT2D eigenvalue weighted by atomic mass is 9.98. The number of unbranched alkanes of at least 4 members (excludes halogenated alkanes) is 1. The van der Waals surface area contributed by atoms with E-state index >= 15 is 0 Å². The number of halogens is 1. The molecule has 2 aromatic carbocycles. The Morgan fingerprint density at radius 2 is 1.86 bits per heavy atom. The van der Waals surface area contributed by atoms with Gasteiger partial charge in [-0.1, -0.05) is 66.4 Å². The number of benzene rings is 2. The van der Waals surface area contributed by atoms with Crippen molar-refractivity contribution in [1.82, 2.24) is 4.90 Å². The van der Waals surface area contributed by atoms with Gasteiger partial charge in [0.1, 0.15) is 17.1 Å². The van der Waals surface area contributed by atoms with Crippen LogP contribution >= 0.6 is 15.9 Å². The highest BCUT2D eigenvalue weighted by Crippen LogP contribution is 2.40. The number of hydrogen-bond donors (Lipinski definition) is 1. The molecule has 0 bridgehead atoms. The molecule has 1 N–H and O–H groups in total. The van der Waals surface area contributed by atoms with E-state index in [1.54, 1.807) is 6.07 Å². The largest absolute Gasteiger partial charge is 0.478 e. The van der Waals surface area contributed by atoms with E-state index in [-0.39, 0.29) is 5.91 Å². The van der Waals surface area contributed by atoms with Gasteiger partial charge >= 0.3 is 5.97 Å². The van der Waals surface area contributed by atoms with Gasteiger partial charge in [-0.2, -0.15) is 0 Å². The Bertz CT molecular complexity index is 1130.